The van der Waals surface area contributed by atoms with Gasteiger partial charge < -0.3 is 0 Å². The molecule has 2 aromatic rings. The Kier molecular flexibility index (Phi) is 4.19. The largest absolute Gasteiger partial charge is 0.192 e. The summed E-state index contributed by atoms with van der Waals surface area (Å²) in [7, 11) is 0. The van der Waals surface area contributed by atoms with E-state index in [4.69, 9.17) is 11.6 Å². The van der Waals surface area contributed by atoms with Gasteiger partial charge in [0, 0.05) is 4.88 Å². The number of hydrogen-bond acceptors (Lipinski definition) is 2. The molecule has 0 aliphatic heterocycles. The van der Waals surface area contributed by atoms with Crippen molar-refractivity contribution in [3.8, 4) is 6.07 Å². The van der Waals surface area contributed by atoms with Crippen molar-refractivity contribution in [1.82, 2.24) is 0 Å². The van der Waals surface area contributed by atoms with Gasteiger partial charge in [-0.05, 0) is 29.0 Å². The van der Waals surface area contributed by atoms with Crippen molar-refractivity contribution in [2.45, 2.75) is 13.3 Å². The first kappa shape index (κ1) is 12.9. The lowest BCUT2D eigenvalue weighted by atomic mass is 10.0. The maximum atomic E-state index is 9.31. The predicted octanol–water partition coefficient (Wildman–Crippen LogP) is 4.94. The molecule has 0 radical (unpaired) electrons. The highest BCUT2D eigenvalue weighted by Crippen LogP contribution is 2.33. The van der Waals surface area contributed by atoms with E-state index in [0.29, 0.717) is 10.6 Å². The zero-order valence-electron chi connectivity index (χ0n) is 9.98. The number of halogens is 1. The van der Waals surface area contributed by atoms with Crippen LogP contribution in [0.15, 0.2) is 41.8 Å². The number of nitriles is 1. The SMILES string of the molecule is CCc1ccccc1/C(Cl)=C(/C#N)c1cccs1. The minimum atomic E-state index is 0.539. The van der Waals surface area contributed by atoms with Gasteiger partial charge in [-0.2, -0.15) is 5.26 Å². The Bertz CT molecular complexity index is 606. The summed E-state index contributed by atoms with van der Waals surface area (Å²) in [5.41, 5.74) is 2.66. The van der Waals surface area contributed by atoms with E-state index < -0.39 is 0 Å². The van der Waals surface area contributed by atoms with Crippen molar-refractivity contribution >= 4 is 33.5 Å². The van der Waals surface area contributed by atoms with Crippen LogP contribution in [0.3, 0.4) is 0 Å². The fourth-order valence-electron chi connectivity index (χ4n) is 1.81. The van der Waals surface area contributed by atoms with Gasteiger partial charge in [0.25, 0.3) is 0 Å². The number of hydrogen-bond donors (Lipinski definition) is 0. The molecule has 0 amide bonds. The molecule has 0 spiro atoms. The lowest BCUT2D eigenvalue weighted by Crippen LogP contribution is -1.90. The molecule has 3 heteroatoms. The van der Waals surface area contributed by atoms with Gasteiger partial charge >= 0.3 is 0 Å². The third kappa shape index (κ3) is 2.48. The lowest BCUT2D eigenvalue weighted by Gasteiger charge is -2.07. The lowest BCUT2D eigenvalue weighted by molar-refractivity contribution is 1.13. The van der Waals surface area contributed by atoms with Crippen LogP contribution in [-0.2, 0) is 6.42 Å². The molecule has 1 aromatic carbocycles. The second-order valence-electron chi connectivity index (χ2n) is 3.79. The standard InChI is InChI=1S/C15H12ClNS/c1-2-11-6-3-4-7-12(11)15(16)13(10-17)14-8-5-9-18-14/h3-9H,2H2,1H3/b15-13+. The molecule has 0 saturated heterocycles. The van der Waals surface area contributed by atoms with Crippen LogP contribution in [0.25, 0.3) is 10.6 Å². The smallest absolute Gasteiger partial charge is 0.102 e. The maximum absolute atomic E-state index is 9.31. The fraction of sp³-hybridized carbons (Fsp3) is 0.133. The van der Waals surface area contributed by atoms with E-state index in [0.717, 1.165) is 22.4 Å². The summed E-state index contributed by atoms with van der Waals surface area (Å²) in [5, 5.41) is 11.8. The molecule has 0 saturated carbocycles. The molecular formula is C15H12ClNS. The monoisotopic (exact) mass is 273 g/mol. The Morgan fingerprint density at radius 1 is 1.28 bits per heavy atom. The first-order chi connectivity index (χ1) is 8.77. The van der Waals surface area contributed by atoms with Crippen LogP contribution in [0.2, 0.25) is 0 Å². The first-order valence-corrected chi connectivity index (χ1v) is 6.95. The summed E-state index contributed by atoms with van der Waals surface area (Å²) in [6, 6.07) is 14.0. The van der Waals surface area contributed by atoms with Crippen molar-refractivity contribution < 1.29 is 0 Å². The summed E-state index contributed by atoms with van der Waals surface area (Å²) in [6.07, 6.45) is 0.898. The van der Waals surface area contributed by atoms with Crippen LogP contribution in [-0.4, -0.2) is 0 Å². The van der Waals surface area contributed by atoms with Crippen molar-refractivity contribution in [3.05, 3.63) is 57.8 Å². The number of nitrogens with zero attached hydrogens (tertiary/aromatic N) is 1. The van der Waals surface area contributed by atoms with Gasteiger partial charge in [0.2, 0.25) is 0 Å². The van der Waals surface area contributed by atoms with Gasteiger partial charge in [-0.25, -0.2) is 0 Å². The Morgan fingerprint density at radius 2 is 2.06 bits per heavy atom. The minimum absolute atomic E-state index is 0.539. The van der Waals surface area contributed by atoms with Gasteiger partial charge in [-0.3, -0.25) is 0 Å². The second-order valence-corrected chi connectivity index (χ2v) is 5.11. The molecular weight excluding hydrogens is 262 g/mol. The summed E-state index contributed by atoms with van der Waals surface area (Å²) in [6.45, 7) is 2.08. The molecule has 2 rings (SSSR count). The molecule has 1 aromatic heterocycles. The van der Waals surface area contributed by atoms with E-state index >= 15 is 0 Å². The third-order valence-electron chi connectivity index (χ3n) is 2.73. The van der Waals surface area contributed by atoms with Crippen LogP contribution in [0.5, 0.6) is 0 Å². The summed E-state index contributed by atoms with van der Waals surface area (Å²) >= 11 is 7.94. The van der Waals surface area contributed by atoms with E-state index in [1.807, 2.05) is 41.8 Å². The number of rotatable bonds is 3. The molecule has 1 heterocycles. The van der Waals surface area contributed by atoms with Gasteiger partial charge in [0.15, 0.2) is 0 Å². The molecule has 0 bridgehead atoms. The number of thiophene rings is 1. The Labute approximate surface area is 116 Å². The van der Waals surface area contributed by atoms with E-state index in [1.54, 1.807) is 0 Å². The quantitative estimate of drug-likeness (QED) is 0.727. The van der Waals surface area contributed by atoms with Crippen LogP contribution in [0.4, 0.5) is 0 Å². The Morgan fingerprint density at radius 3 is 2.67 bits per heavy atom. The molecule has 0 aliphatic carbocycles. The normalized spacial score (nSPS) is 11.8. The molecule has 0 unspecified atom stereocenters. The molecule has 0 atom stereocenters. The molecule has 1 nitrogen and oxygen atoms in total. The summed E-state index contributed by atoms with van der Waals surface area (Å²) in [5.74, 6) is 0. The summed E-state index contributed by atoms with van der Waals surface area (Å²) in [4.78, 5) is 0.911. The summed E-state index contributed by atoms with van der Waals surface area (Å²) < 4.78 is 0. The number of allylic oxidation sites excluding steroid dienone is 1. The zero-order valence-corrected chi connectivity index (χ0v) is 11.6. The highest BCUT2D eigenvalue weighted by atomic mass is 35.5. The van der Waals surface area contributed by atoms with Crippen molar-refractivity contribution in [2.24, 2.45) is 0 Å². The maximum Gasteiger partial charge on any atom is 0.102 e. The fourth-order valence-corrected chi connectivity index (χ4v) is 2.92. The van der Waals surface area contributed by atoms with E-state index in [-0.39, 0.29) is 0 Å². The van der Waals surface area contributed by atoms with E-state index in [9.17, 15) is 5.26 Å². The minimum Gasteiger partial charge on any atom is -0.192 e. The van der Waals surface area contributed by atoms with Crippen LogP contribution in [0.1, 0.15) is 22.9 Å². The van der Waals surface area contributed by atoms with E-state index in [2.05, 4.69) is 13.0 Å². The number of aryl methyl sites for hydroxylation is 1. The van der Waals surface area contributed by atoms with Crippen molar-refractivity contribution in [1.29, 1.82) is 5.26 Å². The predicted molar refractivity (Wildman–Crippen MR) is 78.4 cm³/mol. The molecule has 18 heavy (non-hydrogen) atoms. The van der Waals surface area contributed by atoms with Gasteiger partial charge in [0.1, 0.15) is 6.07 Å². The van der Waals surface area contributed by atoms with Gasteiger partial charge in [0.05, 0.1) is 10.6 Å². The molecule has 0 aliphatic rings. The van der Waals surface area contributed by atoms with Crippen molar-refractivity contribution in [3.63, 3.8) is 0 Å². The third-order valence-corrected chi connectivity index (χ3v) is 4.01. The highest BCUT2D eigenvalue weighted by Gasteiger charge is 2.12. The van der Waals surface area contributed by atoms with Crippen LogP contribution < -0.4 is 0 Å². The second kappa shape index (κ2) is 5.86. The number of benzene rings is 1. The average molecular weight is 274 g/mol. The molecule has 90 valence electrons. The van der Waals surface area contributed by atoms with E-state index in [1.165, 1.54) is 11.3 Å². The average Bonchev–Trinajstić information content (AvgIpc) is 2.93. The molecule has 0 N–H and O–H groups in total. The topological polar surface area (TPSA) is 23.8 Å². The highest BCUT2D eigenvalue weighted by molar-refractivity contribution is 7.11. The Hall–Kier alpha value is -1.56. The zero-order chi connectivity index (χ0) is 13.0. The van der Waals surface area contributed by atoms with Crippen LogP contribution >= 0.6 is 22.9 Å². The van der Waals surface area contributed by atoms with Gasteiger partial charge in [-0.1, -0.05) is 48.9 Å². The molecule has 0 fully saturated rings. The van der Waals surface area contributed by atoms with Crippen LogP contribution in [0, 0.1) is 11.3 Å². The van der Waals surface area contributed by atoms with Crippen molar-refractivity contribution in [2.75, 3.05) is 0 Å². The Balaban J connectivity index is 2.58. The van der Waals surface area contributed by atoms with Gasteiger partial charge in [-0.15, -0.1) is 11.3 Å². The first-order valence-electron chi connectivity index (χ1n) is 5.70.